The quantitative estimate of drug-likeness (QED) is 0.848. The molecule has 2 aromatic rings. The van der Waals surface area contributed by atoms with E-state index in [0.717, 1.165) is 30.5 Å². The lowest BCUT2D eigenvalue weighted by Gasteiger charge is -2.26. The second-order valence-electron chi connectivity index (χ2n) is 6.26. The Balaban J connectivity index is 1.77. The van der Waals surface area contributed by atoms with Gasteiger partial charge in [-0.25, -0.2) is 8.42 Å². The molecule has 0 radical (unpaired) electrons. The molecule has 0 amide bonds. The van der Waals surface area contributed by atoms with Crippen LogP contribution in [0.15, 0.2) is 27.6 Å². The molecular formula is C17H24N4O3S. The highest BCUT2D eigenvalue weighted by molar-refractivity contribution is 7.89. The number of nitrogens with zero attached hydrogens (tertiary/aromatic N) is 3. The Morgan fingerprint density at radius 2 is 2.00 bits per heavy atom. The fourth-order valence-electron chi connectivity index (χ4n) is 2.92. The average Bonchev–Trinajstić information content (AvgIpc) is 3.10. The summed E-state index contributed by atoms with van der Waals surface area (Å²) in [7, 11) is -3.46. The number of sulfonamides is 1. The molecule has 0 atom stereocenters. The van der Waals surface area contributed by atoms with Gasteiger partial charge in [0, 0.05) is 25.2 Å². The number of anilines is 1. The minimum atomic E-state index is -3.46. The van der Waals surface area contributed by atoms with Crippen LogP contribution < -0.4 is 5.32 Å². The smallest absolute Gasteiger partial charge is 0.245 e. The van der Waals surface area contributed by atoms with Gasteiger partial charge in [0.2, 0.25) is 15.9 Å². The molecule has 1 fully saturated rings. The Hall–Kier alpha value is -1.93. The van der Waals surface area contributed by atoms with Gasteiger partial charge in [0.1, 0.15) is 0 Å². The normalized spacial score (nSPS) is 16.1. The summed E-state index contributed by atoms with van der Waals surface area (Å²) in [5, 5.41) is 7.01. The van der Waals surface area contributed by atoms with E-state index in [1.807, 2.05) is 26.0 Å². The maximum absolute atomic E-state index is 12.9. The largest absolute Gasteiger partial charge is 0.376 e. The van der Waals surface area contributed by atoms with E-state index >= 15 is 0 Å². The first-order valence-electron chi connectivity index (χ1n) is 8.67. The Bertz CT molecular complexity index is 826. The van der Waals surface area contributed by atoms with Crippen LogP contribution in [0.5, 0.6) is 0 Å². The van der Waals surface area contributed by atoms with Crippen molar-refractivity contribution in [2.24, 2.45) is 0 Å². The van der Waals surface area contributed by atoms with Crippen molar-refractivity contribution in [1.29, 1.82) is 0 Å². The summed E-state index contributed by atoms with van der Waals surface area (Å²) in [5.74, 6) is 1.15. The van der Waals surface area contributed by atoms with E-state index in [4.69, 9.17) is 4.52 Å². The predicted molar refractivity (Wildman–Crippen MR) is 94.8 cm³/mol. The lowest BCUT2D eigenvalue weighted by Crippen LogP contribution is -2.36. The van der Waals surface area contributed by atoms with Gasteiger partial charge in [-0.1, -0.05) is 24.6 Å². The van der Waals surface area contributed by atoms with Gasteiger partial charge in [-0.15, -0.1) is 0 Å². The van der Waals surface area contributed by atoms with Gasteiger partial charge in [0.25, 0.3) is 0 Å². The summed E-state index contributed by atoms with van der Waals surface area (Å²) in [5.41, 5.74) is 1.47. The molecule has 1 aliphatic heterocycles. The predicted octanol–water partition coefficient (Wildman–Crippen LogP) is 2.73. The fourth-order valence-corrected chi connectivity index (χ4v) is 4.68. The molecule has 0 spiro atoms. The number of hydrogen-bond acceptors (Lipinski definition) is 6. The maximum Gasteiger partial charge on any atom is 0.245 e. The molecule has 1 aliphatic rings. The molecule has 1 aromatic carbocycles. The van der Waals surface area contributed by atoms with Crippen LogP contribution in [0.25, 0.3) is 0 Å². The van der Waals surface area contributed by atoms with Crippen LogP contribution in [0, 0.1) is 6.92 Å². The number of hydrogen-bond donors (Lipinski definition) is 1. The highest BCUT2D eigenvalue weighted by atomic mass is 32.2. The van der Waals surface area contributed by atoms with E-state index in [1.165, 1.54) is 0 Å². The molecule has 1 aromatic heterocycles. The number of aryl methyl sites for hydroxylation is 2. The van der Waals surface area contributed by atoms with Crippen LogP contribution in [0.2, 0.25) is 0 Å². The molecule has 136 valence electrons. The van der Waals surface area contributed by atoms with Crippen LogP contribution in [0.3, 0.4) is 0 Å². The summed E-state index contributed by atoms with van der Waals surface area (Å²) in [6.45, 7) is 5.34. The molecule has 0 saturated carbocycles. The SMILES string of the molecule is CCc1noc(CNc2ccc(C)c(S(=O)(=O)N3CCCCC3)c2)n1. The van der Waals surface area contributed by atoms with Crippen molar-refractivity contribution in [2.75, 3.05) is 18.4 Å². The number of benzene rings is 1. The van der Waals surface area contributed by atoms with Crippen molar-refractivity contribution in [3.63, 3.8) is 0 Å². The first-order chi connectivity index (χ1) is 12.0. The summed E-state index contributed by atoms with van der Waals surface area (Å²) in [6, 6.07) is 5.38. The van der Waals surface area contributed by atoms with Crippen molar-refractivity contribution in [1.82, 2.24) is 14.4 Å². The third-order valence-electron chi connectivity index (χ3n) is 4.39. The number of aromatic nitrogens is 2. The zero-order valence-electron chi connectivity index (χ0n) is 14.7. The Kier molecular flexibility index (Phi) is 5.39. The van der Waals surface area contributed by atoms with Crippen molar-refractivity contribution >= 4 is 15.7 Å². The molecule has 0 bridgehead atoms. The van der Waals surface area contributed by atoms with Gasteiger partial charge in [0.05, 0.1) is 11.4 Å². The van der Waals surface area contributed by atoms with Crippen LogP contribution in [-0.2, 0) is 23.0 Å². The van der Waals surface area contributed by atoms with E-state index in [0.29, 0.717) is 42.7 Å². The van der Waals surface area contributed by atoms with E-state index in [-0.39, 0.29) is 0 Å². The molecule has 0 unspecified atom stereocenters. The van der Waals surface area contributed by atoms with E-state index < -0.39 is 10.0 Å². The highest BCUT2D eigenvalue weighted by Gasteiger charge is 2.27. The molecule has 25 heavy (non-hydrogen) atoms. The molecule has 7 nitrogen and oxygen atoms in total. The minimum absolute atomic E-state index is 0.360. The lowest BCUT2D eigenvalue weighted by atomic mass is 10.2. The van der Waals surface area contributed by atoms with Crippen molar-refractivity contribution in [3.05, 3.63) is 35.5 Å². The summed E-state index contributed by atoms with van der Waals surface area (Å²) >= 11 is 0. The molecule has 1 N–H and O–H groups in total. The van der Waals surface area contributed by atoms with Gasteiger partial charge in [0.15, 0.2) is 5.82 Å². The Morgan fingerprint density at radius 1 is 1.24 bits per heavy atom. The minimum Gasteiger partial charge on any atom is -0.376 e. The summed E-state index contributed by atoms with van der Waals surface area (Å²) in [4.78, 5) is 4.60. The summed E-state index contributed by atoms with van der Waals surface area (Å²) < 4.78 is 32.6. The highest BCUT2D eigenvalue weighted by Crippen LogP contribution is 2.26. The van der Waals surface area contributed by atoms with Crippen LogP contribution >= 0.6 is 0 Å². The third kappa shape index (κ3) is 4.01. The number of piperidine rings is 1. The average molecular weight is 364 g/mol. The van der Waals surface area contributed by atoms with Gasteiger partial charge < -0.3 is 9.84 Å². The first-order valence-corrected chi connectivity index (χ1v) is 10.1. The zero-order valence-corrected chi connectivity index (χ0v) is 15.5. The molecule has 0 aliphatic carbocycles. The second kappa shape index (κ2) is 7.53. The molecule has 3 rings (SSSR count). The van der Waals surface area contributed by atoms with Gasteiger partial charge in [-0.2, -0.15) is 9.29 Å². The molecule has 2 heterocycles. The Labute approximate surface area is 148 Å². The van der Waals surface area contributed by atoms with E-state index in [1.54, 1.807) is 10.4 Å². The lowest BCUT2D eigenvalue weighted by molar-refractivity contribution is 0.346. The Morgan fingerprint density at radius 3 is 2.68 bits per heavy atom. The van der Waals surface area contributed by atoms with E-state index in [2.05, 4.69) is 15.5 Å². The van der Waals surface area contributed by atoms with E-state index in [9.17, 15) is 8.42 Å². The third-order valence-corrected chi connectivity index (χ3v) is 6.43. The second-order valence-corrected chi connectivity index (χ2v) is 8.16. The fraction of sp³-hybridized carbons (Fsp3) is 0.529. The monoisotopic (exact) mass is 364 g/mol. The van der Waals surface area contributed by atoms with Crippen LogP contribution in [-0.4, -0.2) is 36.0 Å². The standard InChI is InChI=1S/C17H24N4O3S/c1-3-16-19-17(24-20-16)12-18-14-8-7-13(2)15(11-14)25(22,23)21-9-5-4-6-10-21/h7-8,11,18H,3-6,9-10,12H2,1-2H3. The van der Waals surface area contributed by atoms with Gasteiger partial charge in [-0.3, -0.25) is 0 Å². The van der Waals surface area contributed by atoms with Crippen LogP contribution in [0.1, 0.15) is 43.5 Å². The maximum atomic E-state index is 12.9. The van der Waals surface area contributed by atoms with Crippen LogP contribution in [0.4, 0.5) is 5.69 Å². The topological polar surface area (TPSA) is 88.3 Å². The molecule has 1 saturated heterocycles. The number of rotatable bonds is 6. The summed E-state index contributed by atoms with van der Waals surface area (Å²) in [6.07, 6.45) is 3.66. The zero-order chi connectivity index (χ0) is 17.9. The van der Waals surface area contributed by atoms with Gasteiger partial charge >= 0.3 is 0 Å². The molecular weight excluding hydrogens is 340 g/mol. The molecule has 8 heteroatoms. The first kappa shape index (κ1) is 17.9. The van der Waals surface area contributed by atoms with Gasteiger partial charge in [-0.05, 0) is 37.5 Å². The van der Waals surface area contributed by atoms with Crippen molar-refractivity contribution in [3.8, 4) is 0 Å². The van der Waals surface area contributed by atoms with Crippen molar-refractivity contribution in [2.45, 2.75) is 51.0 Å². The van der Waals surface area contributed by atoms with Crippen molar-refractivity contribution < 1.29 is 12.9 Å². The number of nitrogens with one attached hydrogen (secondary N) is 1.